The summed E-state index contributed by atoms with van der Waals surface area (Å²) in [5, 5.41) is 4.44. The molecule has 330 valence electrons. The van der Waals surface area contributed by atoms with Gasteiger partial charge in [0, 0.05) is 72.5 Å². The van der Waals surface area contributed by atoms with E-state index >= 15 is 0 Å². The third-order valence-electron chi connectivity index (χ3n) is 13.3. The van der Waals surface area contributed by atoms with E-state index in [1.54, 1.807) is 0 Å². The van der Waals surface area contributed by atoms with Crippen LogP contribution in [0.1, 0.15) is 0 Å². The van der Waals surface area contributed by atoms with Crippen LogP contribution < -0.4 is 9.80 Å². The number of benzene rings is 10. The van der Waals surface area contributed by atoms with Gasteiger partial charge in [0.25, 0.3) is 0 Å². The Labute approximate surface area is 405 Å². The molecule has 3 aromatic heterocycles. The van der Waals surface area contributed by atoms with E-state index in [9.17, 15) is 0 Å². The second-order valence-corrected chi connectivity index (χ2v) is 17.5. The lowest BCUT2D eigenvalue weighted by molar-refractivity contribution is 0.995. The van der Waals surface area contributed by atoms with Crippen molar-refractivity contribution < 1.29 is 0 Å². The molecule has 6 nitrogen and oxygen atoms in total. The predicted octanol–water partition coefficient (Wildman–Crippen LogP) is 16.9. The molecular weight excluding hydrogens is 853 g/mol. The second-order valence-electron chi connectivity index (χ2n) is 17.5. The van der Waals surface area contributed by atoms with Gasteiger partial charge in [-0.1, -0.05) is 164 Å². The highest BCUT2D eigenvalue weighted by molar-refractivity contribution is 6.24. The molecule has 0 fully saturated rings. The van der Waals surface area contributed by atoms with Crippen LogP contribution in [0.25, 0.3) is 77.8 Å². The molecular formula is C64H44N6. The molecule has 0 spiro atoms. The molecule has 3 heterocycles. The van der Waals surface area contributed by atoms with E-state index in [0.717, 1.165) is 106 Å². The Morgan fingerprint density at radius 1 is 0.271 bits per heavy atom. The molecule has 70 heavy (non-hydrogen) atoms. The van der Waals surface area contributed by atoms with E-state index < -0.39 is 0 Å². The predicted molar refractivity (Wildman–Crippen MR) is 291 cm³/mol. The molecule has 13 rings (SSSR count). The van der Waals surface area contributed by atoms with E-state index in [-0.39, 0.29) is 0 Å². The van der Waals surface area contributed by atoms with Gasteiger partial charge in [0.15, 0.2) is 0 Å². The SMILES string of the molecule is c1ccc(-c2cc(-c3ccccc3)nc(-n3c4ccc(N(c5ccccc5)c5ccccc5)cc4c4ccc5c6cc(N(c7ccccc7)c7ccccc7)ccc6n(-c6ccccc6)c5c43)n2)cc1. The summed E-state index contributed by atoms with van der Waals surface area (Å²) in [6.45, 7) is 0. The van der Waals surface area contributed by atoms with Crippen LogP contribution in [-0.2, 0) is 0 Å². The summed E-state index contributed by atoms with van der Waals surface area (Å²) >= 11 is 0. The average Bonchev–Trinajstić information content (AvgIpc) is 3.95. The zero-order chi connectivity index (χ0) is 46.4. The van der Waals surface area contributed by atoms with E-state index in [2.05, 4.69) is 274 Å². The summed E-state index contributed by atoms with van der Waals surface area (Å²) in [7, 11) is 0. The Morgan fingerprint density at radius 3 is 1.01 bits per heavy atom. The van der Waals surface area contributed by atoms with Crippen LogP contribution in [0, 0.1) is 0 Å². The minimum atomic E-state index is 0.591. The molecule has 0 aliphatic carbocycles. The maximum absolute atomic E-state index is 5.52. The molecule has 0 N–H and O–H groups in total. The van der Waals surface area contributed by atoms with Crippen molar-refractivity contribution in [3.8, 4) is 34.2 Å². The first-order chi connectivity index (χ1) is 34.7. The van der Waals surface area contributed by atoms with Gasteiger partial charge in [-0.2, -0.15) is 0 Å². The van der Waals surface area contributed by atoms with Gasteiger partial charge in [0.1, 0.15) is 0 Å². The fourth-order valence-corrected chi connectivity index (χ4v) is 10.2. The van der Waals surface area contributed by atoms with E-state index in [4.69, 9.17) is 9.97 Å². The van der Waals surface area contributed by atoms with Crippen LogP contribution in [0.4, 0.5) is 34.1 Å². The number of hydrogen-bond donors (Lipinski definition) is 0. The number of anilines is 6. The van der Waals surface area contributed by atoms with Crippen molar-refractivity contribution >= 4 is 77.7 Å². The van der Waals surface area contributed by atoms with Gasteiger partial charge >= 0.3 is 0 Å². The van der Waals surface area contributed by atoms with Crippen molar-refractivity contribution in [2.24, 2.45) is 0 Å². The first-order valence-corrected chi connectivity index (χ1v) is 23.7. The maximum atomic E-state index is 5.52. The molecule has 0 saturated carbocycles. The lowest BCUT2D eigenvalue weighted by Crippen LogP contribution is -2.09. The van der Waals surface area contributed by atoms with E-state index in [1.807, 2.05) is 12.1 Å². The van der Waals surface area contributed by atoms with Gasteiger partial charge in [-0.15, -0.1) is 0 Å². The molecule has 0 aliphatic heterocycles. The third kappa shape index (κ3) is 7.06. The van der Waals surface area contributed by atoms with Gasteiger partial charge in [-0.3, -0.25) is 4.57 Å². The van der Waals surface area contributed by atoms with Gasteiger partial charge in [0.05, 0.1) is 33.5 Å². The monoisotopic (exact) mass is 896 g/mol. The lowest BCUT2D eigenvalue weighted by Gasteiger charge is -2.25. The lowest BCUT2D eigenvalue weighted by atomic mass is 10.1. The van der Waals surface area contributed by atoms with E-state index in [1.165, 1.54) is 0 Å². The Kier molecular flexibility index (Phi) is 10.1. The molecule has 13 aromatic rings. The van der Waals surface area contributed by atoms with Crippen LogP contribution in [0.2, 0.25) is 0 Å². The zero-order valence-corrected chi connectivity index (χ0v) is 38.1. The largest absolute Gasteiger partial charge is 0.310 e. The molecule has 0 atom stereocenters. The minimum Gasteiger partial charge on any atom is -0.310 e. The Morgan fingerprint density at radius 2 is 0.614 bits per heavy atom. The van der Waals surface area contributed by atoms with Crippen molar-refractivity contribution in [2.75, 3.05) is 9.80 Å². The summed E-state index contributed by atoms with van der Waals surface area (Å²) in [4.78, 5) is 15.7. The Hall–Kier alpha value is -9.52. The van der Waals surface area contributed by atoms with Crippen LogP contribution in [-0.4, -0.2) is 19.1 Å². The zero-order valence-electron chi connectivity index (χ0n) is 38.1. The second kappa shape index (κ2) is 17.3. The third-order valence-corrected chi connectivity index (χ3v) is 13.3. The highest BCUT2D eigenvalue weighted by Gasteiger charge is 2.25. The molecule has 10 aromatic carbocycles. The van der Waals surface area contributed by atoms with Gasteiger partial charge in [-0.25, -0.2) is 9.97 Å². The minimum absolute atomic E-state index is 0.591. The highest BCUT2D eigenvalue weighted by atomic mass is 15.2. The number of hydrogen-bond acceptors (Lipinski definition) is 4. The summed E-state index contributed by atoms with van der Waals surface area (Å²) in [5.41, 5.74) is 15.4. The molecule has 0 unspecified atom stereocenters. The Bertz CT molecular complexity index is 3830. The van der Waals surface area contributed by atoms with Crippen LogP contribution in [0.15, 0.2) is 267 Å². The van der Waals surface area contributed by atoms with Crippen molar-refractivity contribution in [3.63, 3.8) is 0 Å². The number of para-hydroxylation sites is 5. The van der Waals surface area contributed by atoms with Crippen molar-refractivity contribution in [3.05, 3.63) is 267 Å². The molecule has 6 heteroatoms. The molecule has 0 radical (unpaired) electrons. The van der Waals surface area contributed by atoms with Gasteiger partial charge in [-0.05, 0) is 103 Å². The smallest absolute Gasteiger partial charge is 0.235 e. The highest BCUT2D eigenvalue weighted by Crippen LogP contribution is 2.46. The fourth-order valence-electron chi connectivity index (χ4n) is 10.2. The van der Waals surface area contributed by atoms with Crippen LogP contribution in [0.5, 0.6) is 0 Å². The Balaban J connectivity index is 1.16. The summed E-state index contributed by atoms with van der Waals surface area (Å²) in [6, 6.07) is 94.5. The quantitative estimate of drug-likeness (QED) is 0.137. The number of aromatic nitrogens is 4. The normalized spacial score (nSPS) is 11.4. The van der Waals surface area contributed by atoms with Gasteiger partial charge < -0.3 is 14.4 Å². The molecule has 0 saturated heterocycles. The summed E-state index contributed by atoms with van der Waals surface area (Å²) < 4.78 is 4.74. The van der Waals surface area contributed by atoms with Crippen LogP contribution >= 0.6 is 0 Å². The average molecular weight is 897 g/mol. The first-order valence-electron chi connectivity index (χ1n) is 23.7. The van der Waals surface area contributed by atoms with Crippen molar-refractivity contribution in [1.82, 2.24) is 19.1 Å². The summed E-state index contributed by atoms with van der Waals surface area (Å²) in [6.07, 6.45) is 0. The van der Waals surface area contributed by atoms with E-state index in [0.29, 0.717) is 5.95 Å². The fraction of sp³-hybridized carbons (Fsp3) is 0. The van der Waals surface area contributed by atoms with Crippen LogP contribution in [0.3, 0.4) is 0 Å². The summed E-state index contributed by atoms with van der Waals surface area (Å²) in [5.74, 6) is 0.591. The van der Waals surface area contributed by atoms with Crippen molar-refractivity contribution in [2.45, 2.75) is 0 Å². The topological polar surface area (TPSA) is 42.1 Å². The standard InChI is InChI=1S/C64H44N6/c1-8-22-45(23-9-1)58-44-59(46-24-10-2-11-25-46)66-64(65-58)70-61-41-37-53(68(49-30-16-5-17-31-49)50-32-18-6-19-33-50)43-57(61)55-39-38-54-56-42-52(67(47-26-12-3-13-27-47)48-28-14-4-15-29-48)36-40-60(56)69(62(54)63(55)70)51-34-20-7-21-35-51/h1-44H. The first kappa shape index (κ1) is 40.7. The molecule has 0 amide bonds. The number of fused-ring (bicyclic) bond motifs is 7. The molecule has 0 aliphatic rings. The van der Waals surface area contributed by atoms with Crippen molar-refractivity contribution in [1.29, 1.82) is 0 Å². The number of nitrogens with zero attached hydrogens (tertiary/aromatic N) is 6. The maximum Gasteiger partial charge on any atom is 0.235 e. The molecule has 0 bridgehead atoms. The van der Waals surface area contributed by atoms with Gasteiger partial charge in [0.2, 0.25) is 5.95 Å². The number of rotatable bonds is 10.